The molecule has 0 fully saturated rings. The fourth-order valence-corrected chi connectivity index (χ4v) is 2.59. The molecule has 0 bridgehead atoms. The number of hydrogen-bond donors (Lipinski definition) is 1. The Bertz CT molecular complexity index is 851. The number of benzene rings is 1. The highest BCUT2D eigenvalue weighted by molar-refractivity contribution is 6.00. The average Bonchev–Trinajstić information content (AvgIpc) is 2.88. The number of amides is 2. The molecule has 6 nitrogen and oxygen atoms in total. The minimum atomic E-state index is -0.542. The Kier molecular flexibility index (Phi) is 3.65. The zero-order valence-electron chi connectivity index (χ0n) is 13.4. The van der Waals surface area contributed by atoms with Crippen LogP contribution in [0.2, 0.25) is 0 Å². The minimum absolute atomic E-state index is 0.542. The van der Waals surface area contributed by atoms with Gasteiger partial charge in [0.05, 0.1) is 17.6 Å². The van der Waals surface area contributed by atoms with Crippen LogP contribution in [0, 0.1) is 0 Å². The highest BCUT2D eigenvalue weighted by atomic mass is 16.2. The summed E-state index contributed by atoms with van der Waals surface area (Å²) >= 11 is 0. The van der Waals surface area contributed by atoms with Gasteiger partial charge in [-0.25, -0.2) is 9.78 Å². The maximum Gasteiger partial charge on any atom is 0.323 e. The molecule has 1 aromatic carbocycles. The number of carbonyl (C=O) groups is 1. The van der Waals surface area contributed by atoms with Crippen LogP contribution in [0.15, 0.2) is 48.8 Å². The van der Waals surface area contributed by atoms with Crippen molar-refractivity contribution in [2.24, 2.45) is 12.8 Å². The maximum atomic E-state index is 12.0. The Labute approximate surface area is 134 Å². The van der Waals surface area contributed by atoms with Crippen molar-refractivity contribution < 1.29 is 4.79 Å². The predicted molar refractivity (Wildman–Crippen MR) is 93.2 cm³/mol. The van der Waals surface area contributed by atoms with Gasteiger partial charge in [0.1, 0.15) is 5.82 Å². The predicted octanol–water partition coefficient (Wildman–Crippen LogP) is 2.86. The summed E-state index contributed by atoms with van der Waals surface area (Å²) in [4.78, 5) is 19.7. The number of aromatic nitrogens is 2. The number of nitrogens with two attached hydrogens (primary N) is 1. The highest BCUT2D eigenvalue weighted by Gasteiger charge is 2.16. The molecule has 3 aromatic rings. The Hall–Kier alpha value is -3.02. The van der Waals surface area contributed by atoms with E-state index in [1.807, 2.05) is 73.2 Å². The van der Waals surface area contributed by atoms with Crippen molar-refractivity contribution in [1.29, 1.82) is 0 Å². The molecule has 0 atom stereocenters. The second-order valence-electron chi connectivity index (χ2n) is 5.61. The summed E-state index contributed by atoms with van der Waals surface area (Å²) in [5, 5.41) is 1.05. The van der Waals surface area contributed by atoms with Gasteiger partial charge in [0.25, 0.3) is 0 Å². The fraction of sp³-hybridized carbons (Fsp3) is 0.176. The summed E-state index contributed by atoms with van der Waals surface area (Å²) in [5.41, 5.74) is 8.04. The topological polar surface area (TPSA) is 67.4 Å². The lowest BCUT2D eigenvalue weighted by Crippen LogP contribution is -2.31. The monoisotopic (exact) mass is 309 g/mol. The first-order valence-electron chi connectivity index (χ1n) is 7.25. The van der Waals surface area contributed by atoms with E-state index in [0.29, 0.717) is 5.69 Å². The van der Waals surface area contributed by atoms with Gasteiger partial charge in [-0.05, 0) is 36.4 Å². The van der Waals surface area contributed by atoms with Crippen molar-refractivity contribution in [3.05, 3.63) is 48.8 Å². The zero-order chi connectivity index (χ0) is 16.6. The summed E-state index contributed by atoms with van der Waals surface area (Å²) in [6.07, 6.45) is 3.63. The van der Waals surface area contributed by atoms with Crippen molar-refractivity contribution >= 4 is 34.1 Å². The van der Waals surface area contributed by atoms with Gasteiger partial charge in [0, 0.05) is 38.2 Å². The van der Waals surface area contributed by atoms with E-state index in [0.717, 1.165) is 22.4 Å². The minimum Gasteiger partial charge on any atom is -0.363 e. The third kappa shape index (κ3) is 2.70. The first-order valence-corrected chi connectivity index (χ1v) is 7.25. The molecule has 0 aliphatic carbocycles. The van der Waals surface area contributed by atoms with Crippen LogP contribution < -0.4 is 15.5 Å². The lowest BCUT2D eigenvalue weighted by Gasteiger charge is -2.21. The summed E-state index contributed by atoms with van der Waals surface area (Å²) in [7, 11) is 5.81. The summed E-state index contributed by atoms with van der Waals surface area (Å²) in [6.45, 7) is 0. The van der Waals surface area contributed by atoms with Crippen molar-refractivity contribution in [2.75, 3.05) is 23.9 Å². The smallest absolute Gasteiger partial charge is 0.323 e. The van der Waals surface area contributed by atoms with Crippen LogP contribution in [0.25, 0.3) is 10.9 Å². The number of primary amides is 1. The molecule has 0 aliphatic rings. The van der Waals surface area contributed by atoms with Crippen LogP contribution in [0.5, 0.6) is 0 Å². The molecule has 2 aromatic heterocycles. The number of carbonyl (C=O) groups excluding carboxylic acids is 1. The highest BCUT2D eigenvalue weighted by Crippen LogP contribution is 2.29. The largest absolute Gasteiger partial charge is 0.363 e. The number of nitrogens with zero attached hydrogens (tertiary/aromatic N) is 4. The Morgan fingerprint density at radius 1 is 1.13 bits per heavy atom. The van der Waals surface area contributed by atoms with Gasteiger partial charge in [0.2, 0.25) is 0 Å². The maximum absolute atomic E-state index is 12.0. The van der Waals surface area contributed by atoms with Gasteiger partial charge in [0.15, 0.2) is 0 Å². The molecule has 2 heterocycles. The molecule has 3 rings (SSSR count). The molecule has 2 N–H and O–H groups in total. The van der Waals surface area contributed by atoms with Crippen molar-refractivity contribution in [3.63, 3.8) is 0 Å². The molecule has 23 heavy (non-hydrogen) atoms. The Morgan fingerprint density at radius 3 is 2.48 bits per heavy atom. The van der Waals surface area contributed by atoms with Crippen molar-refractivity contribution in [1.82, 2.24) is 9.55 Å². The second-order valence-corrected chi connectivity index (χ2v) is 5.61. The van der Waals surface area contributed by atoms with Crippen LogP contribution in [-0.2, 0) is 7.05 Å². The number of urea groups is 1. The number of fused-ring (bicyclic) bond motifs is 1. The summed E-state index contributed by atoms with van der Waals surface area (Å²) in [5.74, 6) is 0.816. The summed E-state index contributed by atoms with van der Waals surface area (Å²) < 4.78 is 2.03. The molecule has 2 amide bonds. The van der Waals surface area contributed by atoms with Crippen LogP contribution in [-0.4, -0.2) is 29.7 Å². The van der Waals surface area contributed by atoms with Crippen molar-refractivity contribution in [2.45, 2.75) is 0 Å². The summed E-state index contributed by atoms with van der Waals surface area (Å²) in [6, 6.07) is 11.0. The van der Waals surface area contributed by atoms with E-state index in [4.69, 9.17) is 5.73 Å². The van der Waals surface area contributed by atoms with Crippen LogP contribution in [0.3, 0.4) is 0 Å². The van der Waals surface area contributed by atoms with Crippen LogP contribution >= 0.6 is 0 Å². The van der Waals surface area contributed by atoms with E-state index < -0.39 is 6.03 Å². The second kappa shape index (κ2) is 5.64. The molecule has 0 saturated heterocycles. The number of rotatable bonds is 3. The van der Waals surface area contributed by atoms with Gasteiger partial charge in [-0.1, -0.05) is 0 Å². The number of aryl methyl sites for hydroxylation is 1. The standard InChI is InChI=1S/C17H19N5O/c1-20(2)16-7-5-14(11-19-16)22(17(18)23)13-4-6-15-12(10-13)8-9-21(15)3/h4-11H,1-3H3,(H2,18,23). The lowest BCUT2D eigenvalue weighted by atomic mass is 10.2. The van der Waals surface area contributed by atoms with E-state index in [-0.39, 0.29) is 0 Å². The van der Waals surface area contributed by atoms with Gasteiger partial charge in [-0.15, -0.1) is 0 Å². The van der Waals surface area contributed by atoms with Crippen LogP contribution in [0.4, 0.5) is 22.0 Å². The molecule has 0 unspecified atom stereocenters. The third-order valence-corrected chi connectivity index (χ3v) is 3.80. The van der Waals surface area contributed by atoms with Gasteiger partial charge in [-0.3, -0.25) is 4.90 Å². The Morgan fingerprint density at radius 2 is 1.87 bits per heavy atom. The first kappa shape index (κ1) is 14.9. The van der Waals surface area contributed by atoms with E-state index in [1.165, 1.54) is 4.90 Å². The molecular weight excluding hydrogens is 290 g/mol. The molecule has 6 heteroatoms. The Balaban J connectivity index is 2.04. The molecule has 0 aliphatic heterocycles. The SMILES string of the molecule is CN(C)c1ccc(N(C(N)=O)c2ccc3c(ccn3C)c2)cn1. The van der Waals surface area contributed by atoms with Gasteiger partial charge in [-0.2, -0.15) is 0 Å². The number of pyridine rings is 1. The molecular formula is C17H19N5O. The fourth-order valence-electron chi connectivity index (χ4n) is 2.59. The molecule has 0 spiro atoms. The van der Waals surface area contributed by atoms with E-state index in [2.05, 4.69) is 4.98 Å². The quantitative estimate of drug-likeness (QED) is 0.809. The molecule has 118 valence electrons. The van der Waals surface area contributed by atoms with Crippen LogP contribution in [0.1, 0.15) is 0 Å². The molecule has 0 saturated carbocycles. The average molecular weight is 309 g/mol. The zero-order valence-corrected chi connectivity index (χ0v) is 13.4. The van der Waals surface area contributed by atoms with E-state index >= 15 is 0 Å². The van der Waals surface area contributed by atoms with E-state index in [1.54, 1.807) is 6.20 Å². The first-order chi connectivity index (χ1) is 11.0. The van der Waals surface area contributed by atoms with Gasteiger partial charge >= 0.3 is 6.03 Å². The number of anilines is 3. The normalized spacial score (nSPS) is 10.7. The number of hydrogen-bond acceptors (Lipinski definition) is 3. The third-order valence-electron chi connectivity index (χ3n) is 3.80. The van der Waals surface area contributed by atoms with Crippen molar-refractivity contribution in [3.8, 4) is 0 Å². The molecule has 0 radical (unpaired) electrons. The lowest BCUT2D eigenvalue weighted by molar-refractivity contribution is 0.256. The van der Waals surface area contributed by atoms with E-state index in [9.17, 15) is 4.79 Å². The van der Waals surface area contributed by atoms with Gasteiger partial charge < -0.3 is 15.2 Å².